The molecule has 0 aliphatic heterocycles. The average molecular weight is 239 g/mol. The normalized spacial score (nSPS) is 16.4. The predicted molar refractivity (Wildman–Crippen MR) is 77.9 cm³/mol. The molecular weight excluding hydrogens is 218 g/mol. The SMILES string of the molecule is c1ccc2c(CCNC3CCCC3)cccc2c1. The fourth-order valence-corrected chi connectivity index (χ4v) is 3.05. The van der Waals surface area contributed by atoms with Gasteiger partial charge in [0.1, 0.15) is 0 Å². The molecule has 0 heterocycles. The van der Waals surface area contributed by atoms with Crippen molar-refractivity contribution in [3.05, 3.63) is 48.0 Å². The molecule has 1 aliphatic carbocycles. The first-order valence-corrected chi connectivity index (χ1v) is 7.13. The molecule has 0 radical (unpaired) electrons. The lowest BCUT2D eigenvalue weighted by Crippen LogP contribution is -2.28. The summed E-state index contributed by atoms with van der Waals surface area (Å²) in [5.74, 6) is 0. The molecule has 1 nitrogen and oxygen atoms in total. The fraction of sp³-hybridized carbons (Fsp3) is 0.412. The zero-order valence-electron chi connectivity index (χ0n) is 10.9. The molecule has 0 spiro atoms. The van der Waals surface area contributed by atoms with Crippen LogP contribution in [0.1, 0.15) is 31.2 Å². The molecule has 0 saturated heterocycles. The van der Waals surface area contributed by atoms with E-state index in [4.69, 9.17) is 0 Å². The maximum atomic E-state index is 3.69. The monoisotopic (exact) mass is 239 g/mol. The van der Waals surface area contributed by atoms with Crippen LogP contribution in [0.5, 0.6) is 0 Å². The second kappa shape index (κ2) is 5.53. The summed E-state index contributed by atoms with van der Waals surface area (Å²) < 4.78 is 0. The van der Waals surface area contributed by atoms with Crippen LogP contribution in [0.15, 0.2) is 42.5 Å². The lowest BCUT2D eigenvalue weighted by Gasteiger charge is -2.12. The average Bonchev–Trinajstić information content (AvgIpc) is 2.92. The molecule has 1 saturated carbocycles. The van der Waals surface area contributed by atoms with E-state index in [1.165, 1.54) is 42.0 Å². The molecule has 0 aromatic heterocycles. The van der Waals surface area contributed by atoms with Gasteiger partial charge in [-0.3, -0.25) is 0 Å². The highest BCUT2D eigenvalue weighted by Crippen LogP contribution is 2.20. The number of hydrogen-bond acceptors (Lipinski definition) is 1. The number of hydrogen-bond donors (Lipinski definition) is 1. The van der Waals surface area contributed by atoms with E-state index in [1.54, 1.807) is 0 Å². The maximum absolute atomic E-state index is 3.69. The Balaban J connectivity index is 1.66. The van der Waals surface area contributed by atoms with Gasteiger partial charge in [-0.25, -0.2) is 0 Å². The van der Waals surface area contributed by atoms with Gasteiger partial charge in [0.25, 0.3) is 0 Å². The summed E-state index contributed by atoms with van der Waals surface area (Å²) in [6.45, 7) is 1.11. The van der Waals surface area contributed by atoms with Crippen molar-refractivity contribution in [1.82, 2.24) is 5.32 Å². The van der Waals surface area contributed by atoms with Crippen LogP contribution in [0.3, 0.4) is 0 Å². The summed E-state index contributed by atoms with van der Waals surface area (Å²) in [6.07, 6.45) is 6.70. The minimum atomic E-state index is 0.778. The van der Waals surface area contributed by atoms with E-state index in [9.17, 15) is 0 Å². The third-order valence-corrected chi connectivity index (χ3v) is 4.06. The first-order valence-electron chi connectivity index (χ1n) is 7.13. The highest BCUT2D eigenvalue weighted by Gasteiger charge is 2.13. The van der Waals surface area contributed by atoms with Gasteiger partial charge in [0.05, 0.1) is 0 Å². The van der Waals surface area contributed by atoms with Gasteiger partial charge >= 0.3 is 0 Å². The Labute approximate surface area is 109 Å². The summed E-state index contributed by atoms with van der Waals surface area (Å²) in [5.41, 5.74) is 1.47. The first kappa shape index (κ1) is 11.7. The number of rotatable bonds is 4. The number of nitrogens with one attached hydrogen (secondary N) is 1. The molecule has 0 atom stereocenters. The predicted octanol–water partition coefficient (Wildman–Crippen LogP) is 3.91. The molecule has 1 fully saturated rings. The molecule has 2 aromatic rings. The van der Waals surface area contributed by atoms with E-state index >= 15 is 0 Å². The van der Waals surface area contributed by atoms with Gasteiger partial charge in [0.15, 0.2) is 0 Å². The number of benzene rings is 2. The molecule has 2 aromatic carbocycles. The second-order valence-corrected chi connectivity index (χ2v) is 5.32. The van der Waals surface area contributed by atoms with E-state index in [2.05, 4.69) is 47.8 Å². The Morgan fingerprint density at radius 2 is 1.72 bits per heavy atom. The lowest BCUT2D eigenvalue weighted by atomic mass is 10.0. The van der Waals surface area contributed by atoms with Gasteiger partial charge in [-0.1, -0.05) is 55.3 Å². The largest absolute Gasteiger partial charge is 0.314 e. The van der Waals surface area contributed by atoms with Crippen molar-refractivity contribution < 1.29 is 0 Å². The minimum Gasteiger partial charge on any atom is -0.314 e. The van der Waals surface area contributed by atoms with Gasteiger partial charge in [0, 0.05) is 6.04 Å². The van der Waals surface area contributed by atoms with Crippen molar-refractivity contribution in [1.29, 1.82) is 0 Å². The van der Waals surface area contributed by atoms with Crippen LogP contribution >= 0.6 is 0 Å². The first-order chi connectivity index (χ1) is 8.93. The fourth-order valence-electron chi connectivity index (χ4n) is 3.05. The summed E-state index contributed by atoms with van der Waals surface area (Å²) >= 11 is 0. The molecule has 1 aliphatic rings. The second-order valence-electron chi connectivity index (χ2n) is 5.32. The van der Waals surface area contributed by atoms with Gasteiger partial charge < -0.3 is 5.32 Å². The molecule has 0 amide bonds. The van der Waals surface area contributed by atoms with Crippen LogP contribution in [0.4, 0.5) is 0 Å². The molecule has 0 unspecified atom stereocenters. The quantitative estimate of drug-likeness (QED) is 0.853. The van der Waals surface area contributed by atoms with Crippen LogP contribution in [0.2, 0.25) is 0 Å². The van der Waals surface area contributed by atoms with Crippen molar-refractivity contribution in [3.63, 3.8) is 0 Å². The molecule has 3 rings (SSSR count). The van der Waals surface area contributed by atoms with Crippen LogP contribution < -0.4 is 5.32 Å². The summed E-state index contributed by atoms with van der Waals surface area (Å²) in [7, 11) is 0. The maximum Gasteiger partial charge on any atom is 0.00671 e. The van der Waals surface area contributed by atoms with Gasteiger partial charge in [-0.05, 0) is 42.1 Å². The van der Waals surface area contributed by atoms with Crippen LogP contribution in [0, 0.1) is 0 Å². The van der Waals surface area contributed by atoms with E-state index in [-0.39, 0.29) is 0 Å². The lowest BCUT2D eigenvalue weighted by molar-refractivity contribution is 0.528. The van der Waals surface area contributed by atoms with Crippen molar-refractivity contribution in [2.24, 2.45) is 0 Å². The summed E-state index contributed by atoms with van der Waals surface area (Å²) in [4.78, 5) is 0. The molecule has 1 heteroatoms. The van der Waals surface area contributed by atoms with Crippen molar-refractivity contribution in [2.45, 2.75) is 38.1 Å². The van der Waals surface area contributed by atoms with Crippen LogP contribution in [-0.4, -0.2) is 12.6 Å². The van der Waals surface area contributed by atoms with Gasteiger partial charge in [0.2, 0.25) is 0 Å². The third kappa shape index (κ3) is 2.56. The van der Waals surface area contributed by atoms with Gasteiger partial charge in [-0.15, -0.1) is 0 Å². The van der Waals surface area contributed by atoms with Crippen molar-refractivity contribution in [3.8, 4) is 0 Å². The molecular formula is C17H21N. The Hall–Kier alpha value is -1.34. The third-order valence-electron chi connectivity index (χ3n) is 4.06. The van der Waals surface area contributed by atoms with Crippen molar-refractivity contribution >= 4 is 10.8 Å². The van der Waals surface area contributed by atoms with E-state index < -0.39 is 0 Å². The van der Waals surface area contributed by atoms with Gasteiger partial charge in [-0.2, -0.15) is 0 Å². The Morgan fingerprint density at radius 3 is 2.61 bits per heavy atom. The molecule has 18 heavy (non-hydrogen) atoms. The summed E-state index contributed by atoms with van der Waals surface area (Å²) in [5, 5.41) is 6.46. The smallest absolute Gasteiger partial charge is 0.00671 e. The van der Waals surface area contributed by atoms with Crippen LogP contribution in [0.25, 0.3) is 10.8 Å². The Bertz CT molecular complexity index is 507. The highest BCUT2D eigenvalue weighted by atomic mass is 14.9. The Morgan fingerprint density at radius 1 is 0.944 bits per heavy atom. The molecule has 94 valence electrons. The standard InChI is InChI=1S/C17H21N/c1-4-11-17-14(6-1)7-5-8-15(17)12-13-18-16-9-2-3-10-16/h1,4-8,11,16,18H,2-3,9-10,12-13H2. The van der Waals surface area contributed by atoms with E-state index in [0.29, 0.717) is 0 Å². The van der Waals surface area contributed by atoms with E-state index in [1.807, 2.05) is 0 Å². The summed E-state index contributed by atoms with van der Waals surface area (Å²) in [6, 6.07) is 16.1. The van der Waals surface area contributed by atoms with Crippen molar-refractivity contribution in [2.75, 3.05) is 6.54 Å². The Kier molecular flexibility index (Phi) is 3.61. The molecule has 0 bridgehead atoms. The minimum absolute atomic E-state index is 0.778. The van der Waals surface area contributed by atoms with Crippen LogP contribution in [-0.2, 0) is 6.42 Å². The van der Waals surface area contributed by atoms with E-state index in [0.717, 1.165) is 19.0 Å². The zero-order chi connectivity index (χ0) is 12.2. The topological polar surface area (TPSA) is 12.0 Å². The number of fused-ring (bicyclic) bond motifs is 1. The molecule has 1 N–H and O–H groups in total. The highest BCUT2D eigenvalue weighted by molar-refractivity contribution is 5.85. The zero-order valence-corrected chi connectivity index (χ0v) is 10.9.